The van der Waals surface area contributed by atoms with Gasteiger partial charge in [-0.15, -0.1) is 11.3 Å². The Bertz CT molecular complexity index is 1520. The third kappa shape index (κ3) is 4.85. The molecule has 2 aromatic heterocycles. The SMILES string of the molecule is Cc1ccc(NC(=O)c2ccccc2)cc1NC(=O)c1cc2c(C)nn(Cc3ccccc3)c2s1. The Morgan fingerprint density at radius 1 is 0.857 bits per heavy atom. The summed E-state index contributed by atoms with van der Waals surface area (Å²) in [4.78, 5) is 27.2. The van der Waals surface area contributed by atoms with E-state index in [9.17, 15) is 9.59 Å². The number of aryl methyl sites for hydroxylation is 2. The molecule has 2 amide bonds. The van der Waals surface area contributed by atoms with Gasteiger partial charge in [-0.25, -0.2) is 0 Å². The molecule has 2 heterocycles. The minimum atomic E-state index is -0.199. The van der Waals surface area contributed by atoms with E-state index in [2.05, 4.69) is 27.9 Å². The van der Waals surface area contributed by atoms with Gasteiger partial charge in [-0.1, -0.05) is 54.6 Å². The normalized spacial score (nSPS) is 10.9. The summed E-state index contributed by atoms with van der Waals surface area (Å²) in [5, 5.41) is 11.6. The fourth-order valence-corrected chi connectivity index (χ4v) is 4.96. The van der Waals surface area contributed by atoms with Crippen molar-refractivity contribution in [3.8, 4) is 0 Å². The Hall–Kier alpha value is -4.23. The molecule has 0 aliphatic carbocycles. The van der Waals surface area contributed by atoms with Crippen LogP contribution < -0.4 is 10.6 Å². The zero-order chi connectivity index (χ0) is 24.4. The van der Waals surface area contributed by atoms with Crippen molar-refractivity contribution < 1.29 is 9.59 Å². The van der Waals surface area contributed by atoms with Crippen molar-refractivity contribution >= 4 is 44.7 Å². The van der Waals surface area contributed by atoms with E-state index in [0.717, 1.165) is 27.0 Å². The molecule has 0 saturated carbocycles. The monoisotopic (exact) mass is 480 g/mol. The van der Waals surface area contributed by atoms with E-state index in [1.165, 1.54) is 11.3 Å². The summed E-state index contributed by atoms with van der Waals surface area (Å²) in [6.45, 7) is 4.53. The summed E-state index contributed by atoms with van der Waals surface area (Å²) in [6, 6.07) is 26.5. The molecule has 0 unspecified atom stereocenters. The third-order valence-corrected chi connectivity index (χ3v) is 6.93. The Balaban J connectivity index is 1.35. The smallest absolute Gasteiger partial charge is 0.265 e. The Morgan fingerprint density at radius 3 is 2.31 bits per heavy atom. The van der Waals surface area contributed by atoms with E-state index >= 15 is 0 Å². The minimum absolute atomic E-state index is 0.188. The van der Waals surface area contributed by atoms with Gasteiger partial charge >= 0.3 is 0 Å². The molecule has 2 N–H and O–H groups in total. The molecule has 174 valence electrons. The molecular formula is C28H24N4O2S. The van der Waals surface area contributed by atoms with Crippen molar-refractivity contribution in [3.63, 3.8) is 0 Å². The molecule has 0 spiro atoms. The fourth-order valence-electron chi connectivity index (χ4n) is 3.90. The van der Waals surface area contributed by atoms with Gasteiger partial charge in [0.25, 0.3) is 11.8 Å². The average Bonchev–Trinajstić information content (AvgIpc) is 3.43. The van der Waals surface area contributed by atoms with Gasteiger partial charge < -0.3 is 10.6 Å². The van der Waals surface area contributed by atoms with Crippen molar-refractivity contribution in [2.45, 2.75) is 20.4 Å². The number of carbonyl (C=O) groups excluding carboxylic acids is 2. The number of hydrogen-bond acceptors (Lipinski definition) is 4. The second-order valence-electron chi connectivity index (χ2n) is 8.36. The van der Waals surface area contributed by atoms with Gasteiger partial charge in [0.2, 0.25) is 0 Å². The quantitative estimate of drug-likeness (QED) is 0.301. The first-order valence-electron chi connectivity index (χ1n) is 11.3. The highest BCUT2D eigenvalue weighted by molar-refractivity contribution is 7.20. The number of benzene rings is 3. The van der Waals surface area contributed by atoms with E-state index in [1.807, 2.05) is 73.1 Å². The summed E-state index contributed by atoms with van der Waals surface area (Å²) in [7, 11) is 0. The fraction of sp³-hybridized carbons (Fsp3) is 0.107. The van der Waals surface area contributed by atoms with Gasteiger partial charge in [-0.2, -0.15) is 5.10 Å². The second kappa shape index (κ2) is 9.56. The number of thiophene rings is 1. The zero-order valence-corrected chi connectivity index (χ0v) is 20.2. The second-order valence-corrected chi connectivity index (χ2v) is 9.39. The van der Waals surface area contributed by atoms with E-state index in [1.54, 1.807) is 18.2 Å². The molecule has 0 saturated heterocycles. The van der Waals surface area contributed by atoms with Crippen LogP contribution in [-0.4, -0.2) is 21.6 Å². The lowest BCUT2D eigenvalue weighted by atomic mass is 10.1. The highest BCUT2D eigenvalue weighted by Gasteiger charge is 2.17. The molecule has 0 fully saturated rings. The summed E-state index contributed by atoms with van der Waals surface area (Å²) in [5.41, 5.74) is 4.80. The molecule has 3 aromatic carbocycles. The molecule has 7 heteroatoms. The molecule has 5 rings (SSSR count). The number of hydrogen-bond donors (Lipinski definition) is 2. The van der Waals surface area contributed by atoms with Gasteiger partial charge in [0.05, 0.1) is 17.1 Å². The number of anilines is 2. The average molecular weight is 481 g/mol. The minimum Gasteiger partial charge on any atom is -0.322 e. The van der Waals surface area contributed by atoms with E-state index < -0.39 is 0 Å². The van der Waals surface area contributed by atoms with Gasteiger partial charge in [0.15, 0.2) is 0 Å². The van der Waals surface area contributed by atoms with E-state index in [0.29, 0.717) is 28.4 Å². The van der Waals surface area contributed by atoms with Crippen LogP contribution in [0.15, 0.2) is 84.9 Å². The third-order valence-electron chi connectivity index (χ3n) is 5.79. The molecule has 35 heavy (non-hydrogen) atoms. The van der Waals surface area contributed by atoms with Crippen LogP contribution in [0.3, 0.4) is 0 Å². The van der Waals surface area contributed by atoms with Crippen LogP contribution in [0, 0.1) is 13.8 Å². The maximum absolute atomic E-state index is 13.2. The maximum Gasteiger partial charge on any atom is 0.265 e. The first-order chi connectivity index (χ1) is 17.0. The highest BCUT2D eigenvalue weighted by Crippen LogP contribution is 2.30. The Labute approximate surface area is 207 Å². The summed E-state index contributed by atoms with van der Waals surface area (Å²) in [5.74, 6) is -0.388. The van der Waals surface area contributed by atoms with Crippen LogP contribution >= 0.6 is 11.3 Å². The van der Waals surface area contributed by atoms with Crippen molar-refractivity contribution in [2.75, 3.05) is 10.6 Å². The molecule has 0 aliphatic rings. The summed E-state index contributed by atoms with van der Waals surface area (Å²) in [6.07, 6.45) is 0. The molecule has 5 aromatic rings. The summed E-state index contributed by atoms with van der Waals surface area (Å²) < 4.78 is 1.95. The van der Waals surface area contributed by atoms with Gasteiger partial charge in [0.1, 0.15) is 4.83 Å². The van der Waals surface area contributed by atoms with Crippen molar-refractivity contribution in [1.82, 2.24) is 9.78 Å². The number of carbonyl (C=O) groups is 2. The predicted molar refractivity (Wildman–Crippen MR) is 141 cm³/mol. The van der Waals surface area contributed by atoms with E-state index in [4.69, 9.17) is 0 Å². The van der Waals surface area contributed by atoms with Gasteiger partial charge in [-0.05, 0) is 55.3 Å². The van der Waals surface area contributed by atoms with Crippen molar-refractivity contribution in [3.05, 3.63) is 112 Å². The number of nitrogens with one attached hydrogen (secondary N) is 2. The first kappa shape index (κ1) is 22.6. The molecule has 0 aliphatic heterocycles. The Kier molecular flexibility index (Phi) is 6.16. The number of aromatic nitrogens is 2. The largest absolute Gasteiger partial charge is 0.322 e. The van der Waals surface area contributed by atoms with Gasteiger partial charge in [0, 0.05) is 22.3 Å². The number of amides is 2. The summed E-state index contributed by atoms with van der Waals surface area (Å²) >= 11 is 1.43. The zero-order valence-electron chi connectivity index (χ0n) is 19.4. The molecule has 0 bridgehead atoms. The van der Waals surface area contributed by atoms with Crippen LogP contribution in [0.5, 0.6) is 0 Å². The highest BCUT2D eigenvalue weighted by atomic mass is 32.1. The van der Waals surface area contributed by atoms with Crippen molar-refractivity contribution in [2.24, 2.45) is 0 Å². The lowest BCUT2D eigenvalue weighted by molar-refractivity contribution is 0.102. The number of nitrogens with zero attached hydrogens (tertiary/aromatic N) is 2. The van der Waals surface area contributed by atoms with Gasteiger partial charge in [-0.3, -0.25) is 14.3 Å². The van der Waals surface area contributed by atoms with E-state index in [-0.39, 0.29) is 11.8 Å². The van der Waals surface area contributed by atoms with Crippen LogP contribution in [0.25, 0.3) is 10.2 Å². The lowest BCUT2D eigenvalue weighted by Crippen LogP contribution is -2.14. The van der Waals surface area contributed by atoms with Crippen LogP contribution in [0.4, 0.5) is 11.4 Å². The van der Waals surface area contributed by atoms with Crippen LogP contribution in [-0.2, 0) is 6.54 Å². The maximum atomic E-state index is 13.2. The number of rotatable bonds is 6. The number of fused-ring (bicyclic) bond motifs is 1. The first-order valence-corrected chi connectivity index (χ1v) is 12.1. The molecule has 0 radical (unpaired) electrons. The predicted octanol–water partition coefficient (Wildman–Crippen LogP) is 6.27. The molecule has 6 nitrogen and oxygen atoms in total. The molecule has 0 atom stereocenters. The van der Waals surface area contributed by atoms with Crippen LogP contribution in [0.2, 0.25) is 0 Å². The van der Waals surface area contributed by atoms with Crippen LogP contribution in [0.1, 0.15) is 36.9 Å². The molecular weight excluding hydrogens is 456 g/mol. The topological polar surface area (TPSA) is 76.0 Å². The standard InChI is InChI=1S/C28H24N4O2S/c1-18-13-14-22(29-26(33)21-11-7-4-8-12-21)15-24(18)30-27(34)25-16-23-19(2)31-32(28(23)35-25)17-20-9-5-3-6-10-20/h3-16H,17H2,1-2H3,(H,29,33)(H,30,34). The van der Waals surface area contributed by atoms with Crippen molar-refractivity contribution in [1.29, 1.82) is 0 Å². The lowest BCUT2D eigenvalue weighted by Gasteiger charge is -2.11. The Morgan fingerprint density at radius 2 is 1.57 bits per heavy atom.